The number of amides is 2. The van der Waals surface area contributed by atoms with Gasteiger partial charge in [0.2, 0.25) is 0 Å². The minimum Gasteiger partial charge on any atom is -0.493 e. The first-order chi connectivity index (χ1) is 19.2. The fraction of sp³-hybridized carbons (Fsp3) is 0.406. The first kappa shape index (κ1) is 31.8. The van der Waals surface area contributed by atoms with E-state index in [0.717, 1.165) is 35.3 Å². The highest BCUT2D eigenvalue weighted by atomic mass is 35.5. The maximum atomic E-state index is 14.4. The lowest BCUT2D eigenvalue weighted by Gasteiger charge is -2.42. The fourth-order valence-electron chi connectivity index (χ4n) is 5.13. The summed E-state index contributed by atoms with van der Waals surface area (Å²) in [5.41, 5.74) is 2.64. The van der Waals surface area contributed by atoms with Crippen LogP contribution in [0.3, 0.4) is 0 Å². The van der Waals surface area contributed by atoms with Crippen molar-refractivity contribution in [1.29, 1.82) is 0 Å². The standard InChI is InChI=1S/C32H39ClF2N2O2S/c1-5-24(11-10-18-33)30(22(3)25-12-15-27(40)16-13-25)37(32(38)36-19-8-7-9-20-36)23(4)28-17-14-26(31(34)35)21-29(28)39-6-2/h5,10-17,21-22,30-31,40H,4,6-9,18-20H2,1-3H3/b11-10-,24-5+. The molecular weight excluding hydrogens is 550 g/mol. The number of allylic oxidation sites excluding steroid dienone is 2. The Hall–Kier alpha value is -2.77. The number of urea groups is 1. The van der Waals surface area contributed by atoms with Crippen LogP contribution in [0.4, 0.5) is 13.6 Å². The molecule has 0 aliphatic carbocycles. The highest BCUT2D eigenvalue weighted by molar-refractivity contribution is 7.80. The van der Waals surface area contributed by atoms with E-state index >= 15 is 0 Å². The molecule has 3 rings (SSSR count). The third-order valence-corrected chi connectivity index (χ3v) is 7.71. The van der Waals surface area contributed by atoms with E-state index in [4.69, 9.17) is 16.3 Å². The lowest BCUT2D eigenvalue weighted by molar-refractivity contribution is 0.149. The summed E-state index contributed by atoms with van der Waals surface area (Å²) < 4.78 is 33.0. The second kappa shape index (κ2) is 15.3. The van der Waals surface area contributed by atoms with Crippen LogP contribution in [-0.4, -0.2) is 47.4 Å². The van der Waals surface area contributed by atoms with Gasteiger partial charge < -0.3 is 9.64 Å². The molecule has 1 aliphatic heterocycles. The van der Waals surface area contributed by atoms with Crippen LogP contribution in [0.2, 0.25) is 0 Å². The monoisotopic (exact) mass is 588 g/mol. The van der Waals surface area contributed by atoms with Gasteiger partial charge in [0.1, 0.15) is 5.75 Å². The molecule has 2 unspecified atom stereocenters. The van der Waals surface area contributed by atoms with Gasteiger partial charge in [0.25, 0.3) is 6.43 Å². The van der Waals surface area contributed by atoms with Crippen molar-refractivity contribution in [2.75, 3.05) is 25.6 Å². The Morgan fingerprint density at radius 3 is 2.38 bits per heavy atom. The second-order valence-electron chi connectivity index (χ2n) is 9.81. The molecule has 0 spiro atoms. The number of hydrogen-bond donors (Lipinski definition) is 1. The zero-order chi connectivity index (χ0) is 29.2. The summed E-state index contributed by atoms with van der Waals surface area (Å²) in [5, 5.41) is 0. The molecule has 1 heterocycles. The van der Waals surface area contributed by atoms with Gasteiger partial charge in [-0.25, -0.2) is 13.6 Å². The van der Waals surface area contributed by atoms with Crippen molar-refractivity contribution in [3.05, 3.63) is 89.5 Å². The number of hydrogen-bond acceptors (Lipinski definition) is 3. The zero-order valence-corrected chi connectivity index (χ0v) is 25.1. The van der Waals surface area contributed by atoms with Crippen LogP contribution in [0, 0.1) is 0 Å². The first-order valence-corrected chi connectivity index (χ1v) is 14.7. The second-order valence-corrected chi connectivity index (χ2v) is 10.6. The Labute approximate surface area is 247 Å². The van der Waals surface area contributed by atoms with Crippen LogP contribution in [0.1, 0.15) is 69.1 Å². The predicted molar refractivity (Wildman–Crippen MR) is 164 cm³/mol. The van der Waals surface area contributed by atoms with Crippen LogP contribution in [0.25, 0.3) is 5.70 Å². The molecule has 2 atom stereocenters. The van der Waals surface area contributed by atoms with Crippen LogP contribution >= 0.6 is 24.2 Å². The third kappa shape index (κ3) is 7.70. The molecule has 2 amide bonds. The van der Waals surface area contributed by atoms with Crippen molar-refractivity contribution in [3.63, 3.8) is 0 Å². The van der Waals surface area contributed by atoms with Gasteiger partial charge in [-0.05, 0) is 68.5 Å². The molecule has 1 saturated heterocycles. The molecule has 0 aromatic heterocycles. The summed E-state index contributed by atoms with van der Waals surface area (Å²) in [4.78, 5) is 18.8. The molecule has 216 valence electrons. The zero-order valence-electron chi connectivity index (χ0n) is 23.5. The minimum absolute atomic E-state index is 0.148. The Bertz CT molecular complexity index is 1210. The molecule has 0 radical (unpaired) electrons. The number of rotatable bonds is 11. The van der Waals surface area contributed by atoms with Crippen molar-refractivity contribution < 1.29 is 18.3 Å². The number of halogens is 3. The van der Waals surface area contributed by atoms with Gasteiger partial charge in [-0.15, -0.1) is 24.2 Å². The molecule has 0 N–H and O–H groups in total. The SMILES string of the molecule is C=C(c1ccc(C(F)F)cc1OCC)N(C(=O)N1CCCCC1)C(C(/C=C\CCl)=C/C)C(C)c1ccc(S)cc1. The van der Waals surface area contributed by atoms with E-state index in [1.54, 1.807) is 17.9 Å². The molecule has 1 aliphatic rings. The van der Waals surface area contributed by atoms with Crippen LogP contribution < -0.4 is 4.74 Å². The number of ether oxygens (including phenoxy) is 1. The molecule has 0 bridgehead atoms. The van der Waals surface area contributed by atoms with Crippen molar-refractivity contribution in [2.45, 2.75) is 63.3 Å². The molecule has 8 heteroatoms. The highest BCUT2D eigenvalue weighted by Crippen LogP contribution is 2.39. The number of carbonyl (C=O) groups excluding carboxylic acids is 1. The number of thiol groups is 1. The van der Waals surface area contributed by atoms with Gasteiger partial charge in [-0.3, -0.25) is 4.90 Å². The van der Waals surface area contributed by atoms with E-state index in [-0.39, 0.29) is 29.9 Å². The average molecular weight is 589 g/mol. The normalized spacial score (nSPS) is 15.8. The van der Waals surface area contributed by atoms with Gasteiger partial charge in [0.15, 0.2) is 0 Å². The fourth-order valence-corrected chi connectivity index (χ4v) is 5.36. The maximum absolute atomic E-state index is 14.4. The summed E-state index contributed by atoms with van der Waals surface area (Å²) in [7, 11) is 0. The van der Waals surface area contributed by atoms with Gasteiger partial charge >= 0.3 is 6.03 Å². The molecule has 2 aromatic carbocycles. The summed E-state index contributed by atoms with van der Waals surface area (Å²) in [6.45, 7) is 11.7. The number of carbonyl (C=O) groups is 1. The molecule has 40 heavy (non-hydrogen) atoms. The average Bonchev–Trinajstić information content (AvgIpc) is 2.97. The highest BCUT2D eigenvalue weighted by Gasteiger charge is 2.37. The Kier molecular flexibility index (Phi) is 12.1. The van der Waals surface area contributed by atoms with Crippen LogP contribution in [0.15, 0.2) is 77.7 Å². The van der Waals surface area contributed by atoms with Gasteiger partial charge in [0.05, 0.1) is 12.6 Å². The quantitative estimate of drug-likeness (QED) is 0.161. The summed E-state index contributed by atoms with van der Waals surface area (Å²) in [5.74, 6) is 0.421. The van der Waals surface area contributed by atoms with Gasteiger partial charge in [-0.1, -0.05) is 49.9 Å². The summed E-state index contributed by atoms with van der Waals surface area (Å²) in [6, 6.07) is 11.5. The van der Waals surface area contributed by atoms with Crippen molar-refractivity contribution in [2.24, 2.45) is 0 Å². The number of piperidine rings is 1. The van der Waals surface area contributed by atoms with Crippen molar-refractivity contribution in [1.82, 2.24) is 9.80 Å². The Balaban J connectivity index is 2.23. The molecule has 2 aromatic rings. The van der Waals surface area contributed by atoms with Crippen LogP contribution in [-0.2, 0) is 0 Å². The summed E-state index contributed by atoms with van der Waals surface area (Å²) in [6.07, 6.45) is 6.03. The Morgan fingerprint density at radius 2 is 1.80 bits per heavy atom. The van der Waals surface area contributed by atoms with E-state index in [2.05, 4.69) is 26.1 Å². The Morgan fingerprint density at radius 1 is 1.15 bits per heavy atom. The van der Waals surface area contributed by atoms with E-state index in [1.807, 2.05) is 54.3 Å². The van der Waals surface area contributed by atoms with E-state index in [9.17, 15) is 13.6 Å². The lowest BCUT2D eigenvalue weighted by Crippen LogP contribution is -2.50. The molecular formula is C32H39ClF2N2O2S. The van der Waals surface area contributed by atoms with Gasteiger partial charge in [0, 0.05) is 46.6 Å². The van der Waals surface area contributed by atoms with Crippen molar-refractivity contribution >= 4 is 36.0 Å². The molecule has 4 nitrogen and oxygen atoms in total. The maximum Gasteiger partial charge on any atom is 0.325 e. The topological polar surface area (TPSA) is 32.8 Å². The number of nitrogens with zero attached hydrogens (tertiary/aromatic N) is 2. The number of likely N-dealkylation sites (tertiary alicyclic amines) is 1. The lowest BCUT2D eigenvalue weighted by atomic mass is 9.86. The van der Waals surface area contributed by atoms with Gasteiger partial charge in [-0.2, -0.15) is 0 Å². The number of benzene rings is 2. The summed E-state index contributed by atoms with van der Waals surface area (Å²) >= 11 is 10.5. The number of alkyl halides is 3. The predicted octanol–water partition coefficient (Wildman–Crippen LogP) is 9.10. The molecule has 1 fully saturated rings. The third-order valence-electron chi connectivity index (χ3n) is 7.24. The minimum atomic E-state index is -2.65. The smallest absolute Gasteiger partial charge is 0.325 e. The first-order valence-electron chi connectivity index (χ1n) is 13.7. The van der Waals surface area contributed by atoms with Crippen LogP contribution in [0.5, 0.6) is 5.75 Å². The largest absolute Gasteiger partial charge is 0.493 e. The van der Waals surface area contributed by atoms with E-state index in [1.165, 1.54) is 12.1 Å². The van der Waals surface area contributed by atoms with Crippen molar-refractivity contribution in [3.8, 4) is 5.75 Å². The van der Waals surface area contributed by atoms with E-state index in [0.29, 0.717) is 30.2 Å². The van der Waals surface area contributed by atoms with E-state index < -0.39 is 12.5 Å². The molecule has 0 saturated carbocycles.